The van der Waals surface area contributed by atoms with Crippen molar-refractivity contribution in [2.75, 3.05) is 0 Å². The minimum Gasteiger partial charge on any atom is -0.299 e. The molecule has 0 bridgehead atoms. The average Bonchev–Trinajstić information content (AvgIpc) is 2.94. The molecular formula is C46H60O4. The first kappa shape index (κ1) is 37.8. The summed E-state index contributed by atoms with van der Waals surface area (Å²) in [6.45, 7) is 31.3. The lowest BCUT2D eigenvalue weighted by Crippen LogP contribution is -2.57. The highest BCUT2D eigenvalue weighted by atomic mass is 16.2. The molecule has 50 heavy (non-hydrogen) atoms. The van der Waals surface area contributed by atoms with Crippen LogP contribution in [0, 0.1) is 23.2 Å². The van der Waals surface area contributed by atoms with Crippen LogP contribution in [0.25, 0.3) is 0 Å². The Kier molecular flexibility index (Phi) is 9.15. The summed E-state index contributed by atoms with van der Waals surface area (Å²) in [5.41, 5.74) is 9.00. The molecule has 2 aromatic rings. The SMILES string of the molecule is CC(=O)C1=C(C)CC2(C)CC3(C)Cc4c(C(C)C)cc(CC(=O)Cc5cc(C(C)(C)C)cc(C(C)(C)C)c5)c(C)c4C(=O)C3=C(C)C2(C)C1=O. The van der Waals surface area contributed by atoms with Gasteiger partial charge in [-0.15, -0.1) is 0 Å². The van der Waals surface area contributed by atoms with Crippen molar-refractivity contribution >= 4 is 23.1 Å². The second kappa shape index (κ2) is 12.1. The molecule has 0 aliphatic heterocycles. The first-order valence-corrected chi connectivity index (χ1v) is 18.6. The van der Waals surface area contributed by atoms with Crippen LogP contribution < -0.4 is 0 Å². The van der Waals surface area contributed by atoms with Gasteiger partial charge in [-0.2, -0.15) is 0 Å². The Morgan fingerprint density at radius 1 is 0.820 bits per heavy atom. The van der Waals surface area contributed by atoms with E-state index in [-0.39, 0.29) is 46.3 Å². The van der Waals surface area contributed by atoms with Gasteiger partial charge in [0.15, 0.2) is 17.3 Å². The van der Waals surface area contributed by atoms with Crippen molar-refractivity contribution in [1.82, 2.24) is 0 Å². The van der Waals surface area contributed by atoms with Crippen LogP contribution in [0.5, 0.6) is 0 Å². The Hall–Kier alpha value is -3.40. The summed E-state index contributed by atoms with van der Waals surface area (Å²) in [5, 5.41) is 0. The molecule has 0 spiro atoms. The molecule has 3 unspecified atom stereocenters. The van der Waals surface area contributed by atoms with Gasteiger partial charge in [0.2, 0.25) is 0 Å². The van der Waals surface area contributed by atoms with Gasteiger partial charge in [-0.05, 0) is 115 Å². The molecule has 3 atom stereocenters. The summed E-state index contributed by atoms with van der Waals surface area (Å²) in [6.07, 6.45) is 2.64. The summed E-state index contributed by atoms with van der Waals surface area (Å²) >= 11 is 0. The van der Waals surface area contributed by atoms with Crippen LogP contribution in [0.15, 0.2) is 46.6 Å². The minimum atomic E-state index is -0.953. The predicted molar refractivity (Wildman–Crippen MR) is 204 cm³/mol. The molecule has 268 valence electrons. The largest absolute Gasteiger partial charge is 0.299 e. The molecular weight excluding hydrogens is 617 g/mol. The zero-order chi connectivity index (χ0) is 37.7. The number of hydrogen-bond acceptors (Lipinski definition) is 4. The Labute approximate surface area is 301 Å². The van der Waals surface area contributed by atoms with Crippen LogP contribution in [-0.2, 0) is 44.5 Å². The molecule has 0 saturated heterocycles. The average molecular weight is 677 g/mol. The maximum Gasteiger partial charge on any atom is 0.190 e. The summed E-state index contributed by atoms with van der Waals surface area (Å²) in [6, 6.07) is 8.85. The van der Waals surface area contributed by atoms with Crippen molar-refractivity contribution in [3.05, 3.63) is 91.1 Å². The van der Waals surface area contributed by atoms with Gasteiger partial charge in [0, 0.05) is 29.4 Å². The molecule has 2 aromatic carbocycles. The van der Waals surface area contributed by atoms with Crippen LogP contribution in [0.2, 0.25) is 0 Å². The van der Waals surface area contributed by atoms with E-state index >= 15 is 4.79 Å². The van der Waals surface area contributed by atoms with E-state index in [9.17, 15) is 14.4 Å². The molecule has 0 aromatic heterocycles. The molecule has 0 saturated carbocycles. The van der Waals surface area contributed by atoms with Crippen LogP contribution in [0.3, 0.4) is 0 Å². The number of ketones is 4. The van der Waals surface area contributed by atoms with Crippen molar-refractivity contribution in [3.8, 4) is 0 Å². The van der Waals surface area contributed by atoms with E-state index in [0.29, 0.717) is 36.8 Å². The van der Waals surface area contributed by atoms with Gasteiger partial charge in [-0.25, -0.2) is 0 Å². The fourth-order valence-electron chi connectivity index (χ4n) is 9.93. The first-order valence-electron chi connectivity index (χ1n) is 18.6. The highest BCUT2D eigenvalue weighted by molar-refractivity contribution is 6.24. The lowest BCUT2D eigenvalue weighted by atomic mass is 9.42. The third-order valence-corrected chi connectivity index (χ3v) is 12.8. The topological polar surface area (TPSA) is 68.3 Å². The van der Waals surface area contributed by atoms with Crippen LogP contribution in [0.1, 0.15) is 165 Å². The highest BCUT2D eigenvalue weighted by Gasteiger charge is 2.63. The number of hydrogen-bond donors (Lipinski definition) is 0. The van der Waals surface area contributed by atoms with Crippen molar-refractivity contribution in [2.24, 2.45) is 16.2 Å². The molecule has 0 heterocycles. The molecule has 3 aliphatic rings. The zero-order valence-electron chi connectivity index (χ0n) is 33.6. The van der Waals surface area contributed by atoms with E-state index in [4.69, 9.17) is 0 Å². The fraction of sp³-hybridized carbons (Fsp3) is 0.565. The Balaban J connectivity index is 1.61. The van der Waals surface area contributed by atoms with Crippen molar-refractivity contribution in [3.63, 3.8) is 0 Å². The van der Waals surface area contributed by atoms with Gasteiger partial charge in [0.25, 0.3) is 0 Å². The molecule has 0 amide bonds. The number of fused-ring (bicyclic) bond motifs is 3. The molecule has 4 heteroatoms. The van der Waals surface area contributed by atoms with Crippen molar-refractivity contribution in [1.29, 1.82) is 0 Å². The van der Waals surface area contributed by atoms with Crippen LogP contribution >= 0.6 is 0 Å². The Bertz CT molecular complexity index is 1880. The molecule has 3 aliphatic carbocycles. The van der Waals surface area contributed by atoms with Gasteiger partial charge in [0.05, 0.1) is 11.0 Å². The third kappa shape index (κ3) is 5.93. The second-order valence-electron chi connectivity index (χ2n) is 19.2. The predicted octanol–water partition coefficient (Wildman–Crippen LogP) is 10.4. The molecule has 5 rings (SSSR count). The maximum absolute atomic E-state index is 15.0. The third-order valence-electron chi connectivity index (χ3n) is 12.8. The number of Topliss-reactive ketones (excluding diaryl/α,β-unsaturated/α-hetero) is 4. The standard InChI is InChI=1S/C46H60O4/c1-25(2)35-20-31(19-34(48)18-30-16-32(42(7,8)9)21-33(17-30)43(10,11)12)27(4)38-36(35)23-44(13)24-45(14)22-26(3)37(29(6)47)41(50)46(45,15)28(5)39(44)40(38)49/h16-17,20-21,25H,18-19,22-24H2,1-15H3. The van der Waals surface area contributed by atoms with Crippen LogP contribution in [-0.4, -0.2) is 23.1 Å². The Morgan fingerprint density at radius 2 is 1.38 bits per heavy atom. The lowest BCUT2D eigenvalue weighted by Gasteiger charge is -2.59. The Morgan fingerprint density at radius 3 is 1.88 bits per heavy atom. The smallest absolute Gasteiger partial charge is 0.190 e. The van der Waals surface area contributed by atoms with E-state index < -0.39 is 16.2 Å². The van der Waals surface area contributed by atoms with Crippen molar-refractivity contribution < 1.29 is 19.2 Å². The van der Waals surface area contributed by atoms with E-state index in [1.165, 1.54) is 18.1 Å². The molecule has 0 N–H and O–H groups in total. The van der Waals surface area contributed by atoms with E-state index in [0.717, 1.165) is 44.5 Å². The summed E-state index contributed by atoms with van der Waals surface area (Å²) < 4.78 is 0. The molecule has 0 fully saturated rings. The second-order valence-corrected chi connectivity index (χ2v) is 19.2. The number of benzene rings is 2. The van der Waals surface area contributed by atoms with Gasteiger partial charge in [0.1, 0.15) is 5.78 Å². The zero-order valence-corrected chi connectivity index (χ0v) is 33.6. The fourth-order valence-corrected chi connectivity index (χ4v) is 9.93. The monoisotopic (exact) mass is 676 g/mol. The van der Waals surface area contributed by atoms with E-state index in [1.54, 1.807) is 0 Å². The van der Waals surface area contributed by atoms with Gasteiger partial charge in [-0.3, -0.25) is 19.2 Å². The van der Waals surface area contributed by atoms with E-state index in [2.05, 4.69) is 93.5 Å². The normalized spacial score (nSPS) is 25.5. The summed E-state index contributed by atoms with van der Waals surface area (Å²) in [7, 11) is 0. The summed E-state index contributed by atoms with van der Waals surface area (Å²) in [4.78, 5) is 56.0. The number of carbonyl (C=O) groups is 4. The number of allylic oxidation sites excluding steroid dienone is 4. The minimum absolute atomic E-state index is 0.0145. The van der Waals surface area contributed by atoms with Crippen molar-refractivity contribution in [2.45, 2.75) is 153 Å². The molecule has 0 radical (unpaired) electrons. The lowest BCUT2D eigenvalue weighted by molar-refractivity contribution is -0.134. The van der Waals surface area contributed by atoms with Crippen LogP contribution in [0.4, 0.5) is 0 Å². The quantitative estimate of drug-likeness (QED) is 0.286. The first-order chi connectivity index (χ1) is 22.8. The van der Waals surface area contributed by atoms with Gasteiger partial charge >= 0.3 is 0 Å². The molecule has 4 nitrogen and oxygen atoms in total. The van der Waals surface area contributed by atoms with Gasteiger partial charge in [-0.1, -0.05) is 105 Å². The van der Waals surface area contributed by atoms with Gasteiger partial charge < -0.3 is 0 Å². The number of rotatable bonds is 6. The maximum atomic E-state index is 15.0. The summed E-state index contributed by atoms with van der Waals surface area (Å²) in [5.74, 6) is -0.0630. The number of carbonyl (C=O) groups excluding carboxylic acids is 4. The highest BCUT2D eigenvalue weighted by Crippen LogP contribution is 2.66. The van der Waals surface area contributed by atoms with E-state index in [1.807, 2.05) is 27.7 Å².